The first-order valence-corrected chi connectivity index (χ1v) is 7.29. The highest BCUT2D eigenvalue weighted by Crippen LogP contribution is 2.28. The number of benzene rings is 1. The molecule has 0 heterocycles. The summed E-state index contributed by atoms with van der Waals surface area (Å²) in [5, 5.41) is 3.43. The van der Waals surface area contributed by atoms with Gasteiger partial charge in [0, 0.05) is 17.6 Å². The first kappa shape index (κ1) is 14.4. The van der Waals surface area contributed by atoms with Crippen molar-refractivity contribution in [3.63, 3.8) is 0 Å². The lowest BCUT2D eigenvalue weighted by molar-refractivity contribution is 0.267. The van der Waals surface area contributed by atoms with Crippen LogP contribution in [-0.4, -0.2) is 6.04 Å². The van der Waals surface area contributed by atoms with E-state index in [1.54, 1.807) is 0 Å². The molecule has 0 saturated heterocycles. The average Bonchev–Trinajstić information content (AvgIpc) is 2.42. The van der Waals surface area contributed by atoms with Gasteiger partial charge in [0.05, 0.1) is 0 Å². The Kier molecular flexibility index (Phi) is 4.92. The van der Waals surface area contributed by atoms with Crippen molar-refractivity contribution in [1.29, 1.82) is 0 Å². The highest BCUT2D eigenvalue weighted by atomic mass is 19.1. The van der Waals surface area contributed by atoms with Crippen molar-refractivity contribution >= 4 is 0 Å². The molecule has 1 aromatic rings. The molecule has 1 aromatic carbocycles. The van der Waals surface area contributed by atoms with Crippen LogP contribution in [0.1, 0.15) is 57.6 Å². The third-order valence-electron chi connectivity index (χ3n) is 4.29. The Morgan fingerprint density at radius 1 is 1.11 bits per heavy atom. The SMILES string of the molecule is CC(NC(C)C1CCCCC1)c1cc(F)ccc1F. The topological polar surface area (TPSA) is 12.0 Å². The van der Waals surface area contributed by atoms with Gasteiger partial charge in [-0.05, 0) is 50.8 Å². The maximum atomic E-state index is 13.7. The van der Waals surface area contributed by atoms with Crippen LogP contribution in [-0.2, 0) is 0 Å². The second-order valence-corrected chi connectivity index (χ2v) is 5.74. The molecule has 1 nitrogen and oxygen atoms in total. The first-order valence-electron chi connectivity index (χ1n) is 7.29. The molecule has 0 spiro atoms. The Morgan fingerprint density at radius 2 is 1.79 bits per heavy atom. The summed E-state index contributed by atoms with van der Waals surface area (Å²) in [6.45, 7) is 4.06. The maximum Gasteiger partial charge on any atom is 0.128 e. The van der Waals surface area contributed by atoms with Crippen LogP contribution in [0.5, 0.6) is 0 Å². The molecule has 19 heavy (non-hydrogen) atoms. The molecule has 106 valence electrons. The number of nitrogens with one attached hydrogen (secondary N) is 1. The molecule has 0 amide bonds. The Balaban J connectivity index is 1.99. The lowest BCUT2D eigenvalue weighted by Gasteiger charge is -2.31. The van der Waals surface area contributed by atoms with Gasteiger partial charge in [-0.2, -0.15) is 0 Å². The van der Waals surface area contributed by atoms with Crippen LogP contribution >= 0.6 is 0 Å². The van der Waals surface area contributed by atoms with Gasteiger partial charge < -0.3 is 5.32 Å². The van der Waals surface area contributed by atoms with E-state index in [-0.39, 0.29) is 17.7 Å². The van der Waals surface area contributed by atoms with E-state index in [0.29, 0.717) is 17.5 Å². The van der Waals surface area contributed by atoms with E-state index in [0.717, 1.165) is 6.07 Å². The van der Waals surface area contributed by atoms with Crippen molar-refractivity contribution < 1.29 is 8.78 Å². The van der Waals surface area contributed by atoms with E-state index in [1.165, 1.54) is 44.2 Å². The third-order valence-corrected chi connectivity index (χ3v) is 4.29. The predicted molar refractivity (Wildman–Crippen MR) is 73.9 cm³/mol. The summed E-state index contributed by atoms with van der Waals surface area (Å²) >= 11 is 0. The quantitative estimate of drug-likeness (QED) is 0.841. The summed E-state index contributed by atoms with van der Waals surface area (Å²) in [4.78, 5) is 0. The van der Waals surface area contributed by atoms with E-state index in [4.69, 9.17) is 0 Å². The van der Waals surface area contributed by atoms with Gasteiger partial charge in [-0.3, -0.25) is 0 Å². The Labute approximate surface area is 114 Å². The molecule has 1 saturated carbocycles. The minimum absolute atomic E-state index is 0.160. The molecule has 0 bridgehead atoms. The van der Waals surface area contributed by atoms with Gasteiger partial charge in [-0.1, -0.05) is 19.3 Å². The van der Waals surface area contributed by atoms with E-state index >= 15 is 0 Å². The molecule has 1 N–H and O–H groups in total. The fraction of sp³-hybridized carbons (Fsp3) is 0.625. The second-order valence-electron chi connectivity index (χ2n) is 5.74. The molecule has 2 unspecified atom stereocenters. The lowest BCUT2D eigenvalue weighted by Crippen LogP contribution is -2.36. The summed E-state index contributed by atoms with van der Waals surface area (Å²) in [6.07, 6.45) is 6.40. The van der Waals surface area contributed by atoms with Crippen LogP contribution < -0.4 is 5.32 Å². The molecule has 0 aromatic heterocycles. The Bertz CT molecular complexity index is 413. The van der Waals surface area contributed by atoms with Crippen LogP contribution in [0, 0.1) is 17.6 Å². The smallest absolute Gasteiger partial charge is 0.128 e. The van der Waals surface area contributed by atoms with Crippen molar-refractivity contribution in [3.8, 4) is 0 Å². The minimum atomic E-state index is -0.379. The molecule has 1 aliphatic carbocycles. The number of halogens is 2. The highest BCUT2D eigenvalue weighted by Gasteiger charge is 2.22. The standard InChI is InChI=1S/C16H23F2N/c1-11(13-6-4-3-5-7-13)19-12(2)15-10-14(17)8-9-16(15)18/h8-13,19H,3-7H2,1-2H3. The monoisotopic (exact) mass is 267 g/mol. The number of rotatable bonds is 4. The molecule has 0 aliphatic heterocycles. The van der Waals surface area contributed by atoms with Crippen molar-refractivity contribution in [2.24, 2.45) is 5.92 Å². The van der Waals surface area contributed by atoms with Gasteiger partial charge in [0.25, 0.3) is 0 Å². The van der Waals surface area contributed by atoms with E-state index in [1.807, 2.05) is 6.92 Å². The molecule has 0 radical (unpaired) electrons. The first-order chi connectivity index (χ1) is 9.08. The summed E-state index contributed by atoms with van der Waals surface area (Å²) in [5.74, 6) is -0.0552. The lowest BCUT2D eigenvalue weighted by atomic mass is 9.84. The van der Waals surface area contributed by atoms with Gasteiger partial charge in [-0.15, -0.1) is 0 Å². The maximum absolute atomic E-state index is 13.7. The van der Waals surface area contributed by atoms with Gasteiger partial charge in [0.2, 0.25) is 0 Å². The molecular weight excluding hydrogens is 244 g/mol. The molecule has 1 aliphatic rings. The van der Waals surface area contributed by atoms with Crippen molar-refractivity contribution in [3.05, 3.63) is 35.4 Å². The molecular formula is C16H23F2N. The molecule has 2 atom stereocenters. The van der Waals surface area contributed by atoms with Crippen molar-refractivity contribution in [1.82, 2.24) is 5.32 Å². The zero-order valence-electron chi connectivity index (χ0n) is 11.8. The summed E-state index contributed by atoms with van der Waals surface area (Å²) < 4.78 is 26.9. The normalized spacial score (nSPS) is 20.2. The fourth-order valence-corrected chi connectivity index (χ4v) is 3.10. The third kappa shape index (κ3) is 3.75. The molecule has 1 fully saturated rings. The zero-order chi connectivity index (χ0) is 13.8. The number of hydrogen-bond donors (Lipinski definition) is 1. The van der Waals surface area contributed by atoms with Crippen molar-refractivity contribution in [2.75, 3.05) is 0 Å². The zero-order valence-corrected chi connectivity index (χ0v) is 11.8. The van der Waals surface area contributed by atoms with Gasteiger partial charge >= 0.3 is 0 Å². The van der Waals surface area contributed by atoms with Crippen LogP contribution in [0.2, 0.25) is 0 Å². The van der Waals surface area contributed by atoms with E-state index in [2.05, 4.69) is 12.2 Å². The largest absolute Gasteiger partial charge is 0.307 e. The predicted octanol–water partition coefficient (Wildman–Crippen LogP) is 4.58. The van der Waals surface area contributed by atoms with E-state index in [9.17, 15) is 8.78 Å². The minimum Gasteiger partial charge on any atom is -0.307 e. The summed E-state index contributed by atoms with van der Waals surface area (Å²) in [5.41, 5.74) is 0.419. The van der Waals surface area contributed by atoms with Crippen LogP contribution in [0.3, 0.4) is 0 Å². The van der Waals surface area contributed by atoms with Gasteiger partial charge in [0.15, 0.2) is 0 Å². The molecule has 3 heteroatoms. The fourth-order valence-electron chi connectivity index (χ4n) is 3.10. The Hall–Kier alpha value is -0.960. The van der Waals surface area contributed by atoms with Gasteiger partial charge in [0.1, 0.15) is 11.6 Å². The second kappa shape index (κ2) is 6.47. The summed E-state index contributed by atoms with van der Waals surface area (Å²) in [6, 6.07) is 3.84. The van der Waals surface area contributed by atoms with Crippen LogP contribution in [0.15, 0.2) is 18.2 Å². The van der Waals surface area contributed by atoms with Crippen LogP contribution in [0.4, 0.5) is 8.78 Å². The summed E-state index contributed by atoms with van der Waals surface area (Å²) in [7, 11) is 0. The number of hydrogen-bond acceptors (Lipinski definition) is 1. The average molecular weight is 267 g/mol. The Morgan fingerprint density at radius 3 is 2.47 bits per heavy atom. The van der Waals surface area contributed by atoms with E-state index < -0.39 is 0 Å². The van der Waals surface area contributed by atoms with Gasteiger partial charge in [-0.25, -0.2) is 8.78 Å². The highest BCUT2D eigenvalue weighted by molar-refractivity contribution is 5.21. The molecule has 2 rings (SSSR count). The van der Waals surface area contributed by atoms with Crippen molar-refractivity contribution in [2.45, 2.75) is 58.0 Å². The van der Waals surface area contributed by atoms with Crippen LogP contribution in [0.25, 0.3) is 0 Å².